The highest BCUT2D eigenvalue weighted by molar-refractivity contribution is 5.89. The molecule has 1 saturated carbocycles. The molecule has 4 rings (SSSR count). The Morgan fingerprint density at radius 3 is 2.77 bits per heavy atom. The lowest BCUT2D eigenvalue weighted by molar-refractivity contribution is -0.114. The molecule has 0 bridgehead atoms. The van der Waals surface area contributed by atoms with E-state index < -0.39 is 11.7 Å². The van der Waals surface area contributed by atoms with Crippen LogP contribution in [-0.4, -0.2) is 27.4 Å². The normalized spacial score (nSPS) is 23.9. The number of hydrogen-bond acceptors (Lipinski definition) is 5. The van der Waals surface area contributed by atoms with Gasteiger partial charge in [0.25, 0.3) is 0 Å². The number of carbonyl (C=O) groups is 1. The Kier molecular flexibility index (Phi) is 3.51. The standard InChI is InChI=1S/C18H19F2N5O/c1-10-7-18(10)9-25(15-4-5-21-16(24-15)17(3,19)20)13-6-14(23-11(2)26)22-8-12(13)18/h4-6,8,10H,7,9H2,1-3H3,(H,22,23,26). The zero-order valence-electron chi connectivity index (χ0n) is 14.8. The quantitative estimate of drug-likeness (QED) is 0.910. The van der Waals surface area contributed by atoms with Crippen LogP contribution in [0.1, 0.15) is 38.6 Å². The van der Waals surface area contributed by atoms with Crippen molar-refractivity contribution in [1.29, 1.82) is 0 Å². The molecule has 136 valence electrons. The number of hydrogen-bond donors (Lipinski definition) is 1. The van der Waals surface area contributed by atoms with Gasteiger partial charge in [0.1, 0.15) is 11.6 Å². The summed E-state index contributed by atoms with van der Waals surface area (Å²) < 4.78 is 27.3. The van der Waals surface area contributed by atoms with E-state index in [2.05, 4.69) is 27.2 Å². The molecule has 2 aromatic rings. The fourth-order valence-electron chi connectivity index (χ4n) is 3.75. The van der Waals surface area contributed by atoms with Crippen molar-refractivity contribution >= 4 is 23.2 Å². The highest BCUT2D eigenvalue weighted by Gasteiger charge is 2.58. The Morgan fingerprint density at radius 1 is 1.42 bits per heavy atom. The van der Waals surface area contributed by atoms with Crippen LogP contribution in [0, 0.1) is 5.92 Å². The van der Waals surface area contributed by atoms with Gasteiger partial charge in [-0.1, -0.05) is 6.92 Å². The molecule has 1 fully saturated rings. The Hall–Kier alpha value is -2.64. The number of nitrogens with zero attached hydrogens (tertiary/aromatic N) is 4. The van der Waals surface area contributed by atoms with E-state index in [0.29, 0.717) is 24.1 Å². The maximum absolute atomic E-state index is 13.7. The summed E-state index contributed by atoms with van der Waals surface area (Å²) in [5.41, 5.74) is 1.89. The van der Waals surface area contributed by atoms with Gasteiger partial charge in [0.05, 0.1) is 5.69 Å². The molecule has 8 heteroatoms. The van der Waals surface area contributed by atoms with E-state index in [4.69, 9.17) is 0 Å². The van der Waals surface area contributed by atoms with Crippen LogP contribution in [0.25, 0.3) is 0 Å². The first-order valence-electron chi connectivity index (χ1n) is 8.48. The molecule has 2 unspecified atom stereocenters. The highest BCUT2D eigenvalue weighted by atomic mass is 19.3. The number of rotatable bonds is 3. The molecule has 2 aromatic heterocycles. The summed E-state index contributed by atoms with van der Waals surface area (Å²) in [5.74, 6) is -2.49. The second-order valence-electron chi connectivity index (χ2n) is 7.24. The van der Waals surface area contributed by atoms with Gasteiger partial charge in [-0.25, -0.2) is 15.0 Å². The molecular formula is C18H19F2N5O. The maximum Gasteiger partial charge on any atom is 0.303 e. The molecule has 2 atom stereocenters. The number of halogens is 2. The fourth-order valence-corrected chi connectivity index (χ4v) is 3.75. The number of nitrogens with one attached hydrogen (secondary N) is 1. The predicted molar refractivity (Wildman–Crippen MR) is 92.6 cm³/mol. The van der Waals surface area contributed by atoms with Gasteiger partial charge >= 0.3 is 5.92 Å². The first-order valence-corrected chi connectivity index (χ1v) is 8.48. The topological polar surface area (TPSA) is 71.0 Å². The summed E-state index contributed by atoms with van der Waals surface area (Å²) in [6.45, 7) is 5.02. The number of alkyl halides is 2. The zero-order chi connectivity index (χ0) is 18.7. The molecule has 6 nitrogen and oxygen atoms in total. The average Bonchev–Trinajstić information content (AvgIpc) is 3.09. The van der Waals surface area contributed by atoms with Crippen molar-refractivity contribution in [3.63, 3.8) is 0 Å². The SMILES string of the molecule is CC(=O)Nc1cc2c(cn1)C1(CC1C)CN2c1ccnc(C(C)(F)F)n1. The van der Waals surface area contributed by atoms with Crippen molar-refractivity contribution in [1.82, 2.24) is 15.0 Å². The van der Waals surface area contributed by atoms with Crippen LogP contribution in [0.2, 0.25) is 0 Å². The van der Waals surface area contributed by atoms with Crippen molar-refractivity contribution in [2.45, 2.75) is 38.5 Å². The summed E-state index contributed by atoms with van der Waals surface area (Å²) in [4.78, 5) is 25.4. The van der Waals surface area contributed by atoms with Crippen molar-refractivity contribution in [3.05, 3.63) is 35.9 Å². The van der Waals surface area contributed by atoms with Gasteiger partial charge in [0.2, 0.25) is 11.7 Å². The van der Waals surface area contributed by atoms with Crippen LogP contribution >= 0.6 is 0 Å². The molecule has 0 saturated heterocycles. The molecule has 26 heavy (non-hydrogen) atoms. The van der Waals surface area contributed by atoms with Crippen LogP contribution in [0.4, 0.5) is 26.1 Å². The number of anilines is 3. The van der Waals surface area contributed by atoms with E-state index in [1.165, 1.54) is 13.1 Å². The van der Waals surface area contributed by atoms with Gasteiger partial charge in [0, 0.05) is 49.8 Å². The molecular weight excluding hydrogens is 340 g/mol. The molecule has 1 aliphatic carbocycles. The Labute approximate surface area is 149 Å². The number of amides is 1. The minimum Gasteiger partial charge on any atom is -0.325 e. The van der Waals surface area contributed by atoms with Gasteiger partial charge in [-0.2, -0.15) is 8.78 Å². The van der Waals surface area contributed by atoms with E-state index in [9.17, 15) is 13.6 Å². The van der Waals surface area contributed by atoms with Crippen LogP contribution in [0.15, 0.2) is 24.5 Å². The molecule has 2 aliphatic rings. The van der Waals surface area contributed by atoms with Crippen LogP contribution in [0.5, 0.6) is 0 Å². The summed E-state index contributed by atoms with van der Waals surface area (Å²) in [7, 11) is 0. The van der Waals surface area contributed by atoms with Gasteiger partial charge in [-0.15, -0.1) is 0 Å². The maximum atomic E-state index is 13.7. The van der Waals surface area contributed by atoms with Crippen molar-refractivity contribution in [2.24, 2.45) is 5.92 Å². The van der Waals surface area contributed by atoms with Crippen LogP contribution < -0.4 is 10.2 Å². The number of pyridine rings is 1. The third-order valence-electron chi connectivity index (χ3n) is 5.22. The largest absolute Gasteiger partial charge is 0.325 e. The summed E-state index contributed by atoms with van der Waals surface area (Å²) in [6, 6.07) is 3.41. The molecule has 1 N–H and O–H groups in total. The Bertz CT molecular complexity index is 897. The molecule has 1 amide bonds. The molecule has 0 aromatic carbocycles. The predicted octanol–water partition coefficient (Wildman–Crippen LogP) is 3.37. The third-order valence-corrected chi connectivity index (χ3v) is 5.22. The molecule has 0 radical (unpaired) electrons. The van der Waals surface area contributed by atoms with E-state index in [1.807, 2.05) is 4.90 Å². The Morgan fingerprint density at radius 2 is 2.15 bits per heavy atom. The van der Waals surface area contributed by atoms with Gasteiger partial charge in [-0.05, 0) is 18.4 Å². The molecule has 3 heterocycles. The van der Waals surface area contributed by atoms with Gasteiger partial charge in [0.15, 0.2) is 0 Å². The zero-order valence-corrected chi connectivity index (χ0v) is 14.8. The van der Waals surface area contributed by atoms with E-state index in [1.54, 1.807) is 18.3 Å². The summed E-state index contributed by atoms with van der Waals surface area (Å²) in [5, 5.41) is 2.67. The summed E-state index contributed by atoms with van der Waals surface area (Å²) >= 11 is 0. The first-order chi connectivity index (χ1) is 12.2. The average molecular weight is 359 g/mol. The van der Waals surface area contributed by atoms with E-state index >= 15 is 0 Å². The Balaban J connectivity index is 1.79. The molecule has 1 spiro atoms. The van der Waals surface area contributed by atoms with Gasteiger partial charge < -0.3 is 10.2 Å². The van der Waals surface area contributed by atoms with Crippen LogP contribution in [-0.2, 0) is 16.1 Å². The summed E-state index contributed by atoms with van der Waals surface area (Å²) in [6.07, 6.45) is 4.15. The fraction of sp³-hybridized carbons (Fsp3) is 0.444. The third kappa shape index (κ3) is 2.60. The van der Waals surface area contributed by atoms with Crippen molar-refractivity contribution < 1.29 is 13.6 Å². The first kappa shape index (κ1) is 16.8. The lowest BCUT2D eigenvalue weighted by atomic mass is 9.98. The number of aromatic nitrogens is 3. The van der Waals surface area contributed by atoms with Crippen molar-refractivity contribution in [2.75, 3.05) is 16.8 Å². The highest BCUT2D eigenvalue weighted by Crippen LogP contribution is 2.61. The lowest BCUT2D eigenvalue weighted by Crippen LogP contribution is -2.23. The van der Waals surface area contributed by atoms with Gasteiger partial charge in [-0.3, -0.25) is 4.79 Å². The smallest absolute Gasteiger partial charge is 0.303 e. The second kappa shape index (κ2) is 5.43. The van der Waals surface area contributed by atoms with Crippen LogP contribution in [0.3, 0.4) is 0 Å². The lowest BCUT2D eigenvalue weighted by Gasteiger charge is -2.20. The van der Waals surface area contributed by atoms with E-state index in [-0.39, 0.29) is 11.3 Å². The number of carbonyl (C=O) groups excluding carboxylic acids is 1. The monoisotopic (exact) mass is 359 g/mol. The minimum absolute atomic E-state index is 0.0308. The van der Waals surface area contributed by atoms with E-state index in [0.717, 1.165) is 24.6 Å². The second-order valence-corrected chi connectivity index (χ2v) is 7.24. The van der Waals surface area contributed by atoms with Crippen molar-refractivity contribution in [3.8, 4) is 0 Å². The minimum atomic E-state index is -3.11. The number of fused-ring (bicyclic) bond motifs is 2. The molecule has 1 aliphatic heterocycles.